The molecule has 0 unspecified atom stereocenters. The number of rotatable bonds is 5. The Hall–Kier alpha value is -3.65. The highest BCUT2D eigenvalue weighted by molar-refractivity contribution is 5.61. The lowest BCUT2D eigenvalue weighted by Gasteiger charge is -2.47. The Balaban J connectivity index is 1.43. The number of nitrogens with one attached hydrogen (secondary N) is 1. The lowest BCUT2D eigenvalue weighted by molar-refractivity contribution is 0.0893. The second-order valence-electron chi connectivity index (χ2n) is 8.89. The molecular weight excluding hydrogens is 435 g/mol. The number of nitriles is 1. The van der Waals surface area contributed by atoms with E-state index in [1.807, 2.05) is 7.05 Å². The quantitative estimate of drug-likeness (QED) is 0.611. The predicted octanol–water partition coefficient (Wildman–Crippen LogP) is 2.97. The number of benzene rings is 1. The highest BCUT2D eigenvalue weighted by atomic mass is 19.1. The van der Waals surface area contributed by atoms with E-state index in [2.05, 4.69) is 41.7 Å². The molecule has 3 aromatic rings. The van der Waals surface area contributed by atoms with Crippen molar-refractivity contribution in [3.63, 3.8) is 0 Å². The van der Waals surface area contributed by atoms with Gasteiger partial charge in [-0.3, -0.25) is 4.90 Å². The highest BCUT2D eigenvalue weighted by Crippen LogP contribution is 2.32. The molecule has 2 atom stereocenters. The molecule has 0 amide bonds. The molecule has 4 heterocycles. The van der Waals surface area contributed by atoms with Crippen molar-refractivity contribution >= 4 is 17.5 Å². The van der Waals surface area contributed by atoms with Gasteiger partial charge in [0.05, 0.1) is 6.20 Å². The van der Waals surface area contributed by atoms with Crippen molar-refractivity contribution in [3.8, 4) is 11.8 Å². The van der Waals surface area contributed by atoms with Crippen LogP contribution in [0, 0.1) is 24.1 Å². The molecule has 2 saturated heterocycles. The Morgan fingerprint density at radius 2 is 2.06 bits per heavy atom. The summed E-state index contributed by atoms with van der Waals surface area (Å²) in [5, 5.41) is 24.1. The minimum Gasteiger partial charge on any atom is -0.354 e. The van der Waals surface area contributed by atoms with E-state index in [1.165, 1.54) is 30.0 Å². The highest BCUT2D eigenvalue weighted by Gasteiger charge is 2.36. The van der Waals surface area contributed by atoms with Gasteiger partial charge in [0.1, 0.15) is 23.1 Å². The molecule has 10 nitrogen and oxygen atoms in total. The first-order chi connectivity index (χ1) is 16.5. The number of aromatic nitrogens is 6. The molecule has 0 bridgehead atoms. The molecule has 5 rings (SSSR count). The molecule has 0 saturated carbocycles. The predicted molar refractivity (Wildman–Crippen MR) is 125 cm³/mol. The SMILES string of the molecule is Cc1nnnn1-c1cc(Nc2ncc(C#N)c(N(C)[C@H]3CCCN4CCCC[C@H]34)n2)ccc1F. The summed E-state index contributed by atoms with van der Waals surface area (Å²) in [5.41, 5.74) is 1.24. The van der Waals surface area contributed by atoms with Crippen molar-refractivity contribution in [2.24, 2.45) is 0 Å². The van der Waals surface area contributed by atoms with Crippen molar-refractivity contribution in [2.75, 3.05) is 30.4 Å². The number of hydrogen-bond donors (Lipinski definition) is 1. The Kier molecular flexibility index (Phi) is 6.06. The zero-order valence-electron chi connectivity index (χ0n) is 19.3. The molecule has 1 N–H and O–H groups in total. The largest absolute Gasteiger partial charge is 0.354 e. The fraction of sp³-hybridized carbons (Fsp3) is 0.478. The third-order valence-electron chi connectivity index (χ3n) is 6.83. The van der Waals surface area contributed by atoms with E-state index in [-0.39, 0.29) is 5.69 Å². The number of halogens is 1. The fourth-order valence-electron chi connectivity index (χ4n) is 5.15. The van der Waals surface area contributed by atoms with E-state index in [9.17, 15) is 9.65 Å². The van der Waals surface area contributed by atoms with E-state index < -0.39 is 5.82 Å². The van der Waals surface area contributed by atoms with E-state index in [0.717, 1.165) is 25.9 Å². The first-order valence-electron chi connectivity index (χ1n) is 11.6. The number of tetrazole rings is 1. The van der Waals surface area contributed by atoms with E-state index in [4.69, 9.17) is 4.98 Å². The van der Waals surface area contributed by atoms with Crippen LogP contribution in [0.2, 0.25) is 0 Å². The van der Waals surface area contributed by atoms with Crippen LogP contribution in [-0.2, 0) is 0 Å². The topological polar surface area (TPSA) is 112 Å². The van der Waals surface area contributed by atoms with Crippen LogP contribution in [-0.4, -0.2) is 67.3 Å². The summed E-state index contributed by atoms with van der Waals surface area (Å²) >= 11 is 0. The summed E-state index contributed by atoms with van der Waals surface area (Å²) in [7, 11) is 2.02. The van der Waals surface area contributed by atoms with Gasteiger partial charge in [0, 0.05) is 24.8 Å². The summed E-state index contributed by atoms with van der Waals surface area (Å²) in [4.78, 5) is 13.8. The molecule has 2 aliphatic rings. The maximum absolute atomic E-state index is 14.4. The van der Waals surface area contributed by atoms with Crippen LogP contribution < -0.4 is 10.2 Å². The van der Waals surface area contributed by atoms with Crippen LogP contribution in [0.5, 0.6) is 0 Å². The summed E-state index contributed by atoms with van der Waals surface area (Å²) in [5.74, 6) is 0.967. The van der Waals surface area contributed by atoms with E-state index in [1.54, 1.807) is 25.3 Å². The Labute approximate surface area is 197 Å². The van der Waals surface area contributed by atoms with Crippen LogP contribution in [0.1, 0.15) is 43.5 Å². The van der Waals surface area contributed by atoms with Crippen molar-refractivity contribution in [1.82, 2.24) is 35.1 Å². The van der Waals surface area contributed by atoms with Crippen molar-refractivity contribution in [1.29, 1.82) is 5.26 Å². The minimum absolute atomic E-state index is 0.220. The molecule has 0 spiro atoms. The van der Waals surface area contributed by atoms with E-state index in [0.29, 0.717) is 40.9 Å². The van der Waals surface area contributed by atoms with Gasteiger partial charge in [-0.25, -0.2) is 9.37 Å². The van der Waals surface area contributed by atoms with Gasteiger partial charge in [-0.2, -0.15) is 14.9 Å². The summed E-state index contributed by atoms with van der Waals surface area (Å²) in [6.45, 7) is 3.98. The molecule has 2 fully saturated rings. The maximum atomic E-state index is 14.4. The molecule has 34 heavy (non-hydrogen) atoms. The smallest absolute Gasteiger partial charge is 0.229 e. The molecule has 0 aliphatic carbocycles. The normalized spacial score (nSPS) is 20.4. The van der Waals surface area contributed by atoms with Crippen LogP contribution in [0.25, 0.3) is 5.69 Å². The third kappa shape index (κ3) is 4.17. The van der Waals surface area contributed by atoms with Gasteiger partial charge >= 0.3 is 0 Å². The number of hydrogen-bond acceptors (Lipinski definition) is 9. The standard InChI is InChI=1S/C23H27FN10/c1-15-29-30-31-34(15)21-12-17(8-9-18(21)24)27-23-26-14-16(13-25)22(28-23)32(2)19-7-5-11-33-10-4-3-6-20(19)33/h8-9,12,14,19-20H,3-7,10-11H2,1-2H3,(H,26,27,28)/t19-,20+/m0/s1. The minimum atomic E-state index is -0.448. The molecule has 1 aromatic carbocycles. The maximum Gasteiger partial charge on any atom is 0.229 e. The monoisotopic (exact) mass is 462 g/mol. The lowest BCUT2D eigenvalue weighted by atomic mass is 9.88. The zero-order chi connectivity index (χ0) is 23.7. The number of fused-ring (bicyclic) bond motifs is 1. The second-order valence-corrected chi connectivity index (χ2v) is 8.89. The van der Waals surface area contributed by atoms with Gasteiger partial charge in [0.25, 0.3) is 0 Å². The average Bonchev–Trinajstić information content (AvgIpc) is 3.30. The van der Waals surface area contributed by atoms with Gasteiger partial charge in [-0.05, 0) is 74.3 Å². The average molecular weight is 463 g/mol. The molecular formula is C23H27FN10. The van der Waals surface area contributed by atoms with Gasteiger partial charge < -0.3 is 10.2 Å². The van der Waals surface area contributed by atoms with Crippen LogP contribution in [0.15, 0.2) is 24.4 Å². The molecule has 11 heteroatoms. The van der Waals surface area contributed by atoms with Crippen molar-refractivity contribution in [2.45, 2.75) is 51.1 Å². The number of nitrogens with zero attached hydrogens (tertiary/aromatic N) is 9. The molecule has 0 radical (unpaired) electrons. The van der Waals surface area contributed by atoms with Crippen molar-refractivity contribution < 1.29 is 4.39 Å². The van der Waals surface area contributed by atoms with Gasteiger partial charge in [0.15, 0.2) is 11.6 Å². The number of anilines is 3. The molecule has 176 valence electrons. The van der Waals surface area contributed by atoms with Gasteiger partial charge in [-0.15, -0.1) is 5.10 Å². The first kappa shape index (κ1) is 22.2. The van der Waals surface area contributed by atoms with Crippen LogP contribution in [0.3, 0.4) is 0 Å². The van der Waals surface area contributed by atoms with Crippen molar-refractivity contribution in [3.05, 3.63) is 41.6 Å². The van der Waals surface area contributed by atoms with Gasteiger partial charge in [-0.1, -0.05) is 6.42 Å². The number of piperidine rings is 2. The van der Waals surface area contributed by atoms with Gasteiger partial charge in [0.2, 0.25) is 5.95 Å². The Bertz CT molecular complexity index is 1220. The molecule has 2 aromatic heterocycles. The van der Waals surface area contributed by atoms with E-state index >= 15 is 0 Å². The summed E-state index contributed by atoms with van der Waals surface area (Å²) < 4.78 is 15.8. The summed E-state index contributed by atoms with van der Waals surface area (Å²) in [6.07, 6.45) is 7.41. The first-order valence-corrected chi connectivity index (χ1v) is 11.6. The lowest BCUT2D eigenvalue weighted by Crippen LogP contribution is -2.56. The summed E-state index contributed by atoms with van der Waals surface area (Å²) in [6, 6.07) is 7.55. The zero-order valence-corrected chi connectivity index (χ0v) is 19.3. The fourth-order valence-corrected chi connectivity index (χ4v) is 5.15. The molecule has 2 aliphatic heterocycles. The van der Waals surface area contributed by atoms with Crippen LogP contribution in [0.4, 0.5) is 21.8 Å². The number of likely N-dealkylation sites (N-methyl/N-ethyl adjacent to an activating group) is 1. The Morgan fingerprint density at radius 3 is 2.85 bits per heavy atom. The third-order valence-corrected chi connectivity index (χ3v) is 6.83. The Morgan fingerprint density at radius 1 is 1.21 bits per heavy atom. The van der Waals surface area contributed by atoms with Crippen LogP contribution >= 0.6 is 0 Å². The number of aryl methyl sites for hydroxylation is 1. The second kappa shape index (κ2) is 9.30.